The van der Waals surface area contributed by atoms with Crippen LogP contribution in [0.2, 0.25) is 0 Å². The maximum absolute atomic E-state index is 9.76. The van der Waals surface area contributed by atoms with Crippen molar-refractivity contribution in [1.82, 2.24) is 14.9 Å². The number of piperidine rings is 3. The largest absolute Gasteiger partial charge is 0.464 e. The number of anilines is 2. The van der Waals surface area contributed by atoms with Crippen molar-refractivity contribution in [3.8, 4) is 12.1 Å². The van der Waals surface area contributed by atoms with Gasteiger partial charge < -0.3 is 20.7 Å². The molecular formula is C22H28N6O. The normalized spacial score (nSPS) is 22.9. The molecule has 3 fully saturated rings. The zero-order chi connectivity index (χ0) is 20.4. The Morgan fingerprint density at radius 2 is 2.10 bits per heavy atom. The van der Waals surface area contributed by atoms with Crippen LogP contribution >= 0.6 is 0 Å². The van der Waals surface area contributed by atoms with Crippen molar-refractivity contribution in [1.29, 1.82) is 5.26 Å². The Bertz CT molecular complexity index is 930. The Labute approximate surface area is 171 Å². The minimum absolute atomic E-state index is 0.317. The molecule has 152 valence electrons. The second-order valence-electron chi connectivity index (χ2n) is 7.92. The molecule has 0 saturated carbocycles. The lowest BCUT2D eigenvalue weighted by Crippen LogP contribution is -2.46. The molecule has 7 heteroatoms. The second-order valence-corrected chi connectivity index (χ2v) is 7.92. The Balaban J connectivity index is 1.51. The van der Waals surface area contributed by atoms with E-state index in [4.69, 9.17) is 10.5 Å². The highest BCUT2D eigenvalue weighted by atomic mass is 16.5. The van der Waals surface area contributed by atoms with Crippen LogP contribution in [0.1, 0.15) is 48.1 Å². The van der Waals surface area contributed by atoms with E-state index in [-0.39, 0.29) is 0 Å². The highest BCUT2D eigenvalue weighted by Gasteiger charge is 2.35. The molecule has 3 saturated heterocycles. The maximum Gasteiger partial charge on any atom is 0.318 e. The van der Waals surface area contributed by atoms with Crippen LogP contribution in [-0.2, 0) is 6.54 Å². The summed E-state index contributed by atoms with van der Waals surface area (Å²) >= 11 is 0. The van der Waals surface area contributed by atoms with Crippen LogP contribution in [0.5, 0.6) is 6.01 Å². The molecule has 0 amide bonds. The van der Waals surface area contributed by atoms with Crippen molar-refractivity contribution in [3.63, 3.8) is 0 Å². The van der Waals surface area contributed by atoms with E-state index < -0.39 is 0 Å². The van der Waals surface area contributed by atoms with Gasteiger partial charge in [-0.2, -0.15) is 15.2 Å². The Kier molecular flexibility index (Phi) is 5.54. The number of aryl methyl sites for hydroxylation is 1. The van der Waals surface area contributed by atoms with Gasteiger partial charge in [0.15, 0.2) is 5.82 Å². The number of rotatable bonds is 6. The quantitative estimate of drug-likeness (QED) is 0.779. The van der Waals surface area contributed by atoms with E-state index >= 15 is 0 Å². The molecule has 5 rings (SSSR count). The van der Waals surface area contributed by atoms with E-state index in [9.17, 15) is 5.26 Å². The van der Waals surface area contributed by atoms with E-state index in [2.05, 4.69) is 38.4 Å². The van der Waals surface area contributed by atoms with Crippen molar-refractivity contribution in [3.05, 3.63) is 40.6 Å². The van der Waals surface area contributed by atoms with E-state index in [1.165, 1.54) is 31.5 Å². The monoisotopic (exact) mass is 392 g/mol. The Morgan fingerprint density at radius 3 is 2.76 bits per heavy atom. The third-order valence-electron chi connectivity index (χ3n) is 6.14. The first kappa shape index (κ1) is 19.5. The van der Waals surface area contributed by atoms with Gasteiger partial charge in [-0.05, 0) is 62.9 Å². The summed E-state index contributed by atoms with van der Waals surface area (Å²) in [6, 6.07) is 8.98. The smallest absolute Gasteiger partial charge is 0.318 e. The van der Waals surface area contributed by atoms with Crippen LogP contribution in [0, 0.1) is 24.2 Å². The number of nitrogens with one attached hydrogen (secondary N) is 1. The molecule has 1 unspecified atom stereocenters. The minimum Gasteiger partial charge on any atom is -0.464 e. The highest BCUT2D eigenvalue weighted by Crippen LogP contribution is 2.40. The van der Waals surface area contributed by atoms with Gasteiger partial charge in [0.25, 0.3) is 0 Å². The van der Waals surface area contributed by atoms with Gasteiger partial charge in [0.05, 0.1) is 29.6 Å². The molecule has 3 aliphatic rings. The van der Waals surface area contributed by atoms with Gasteiger partial charge in [-0.3, -0.25) is 0 Å². The fourth-order valence-corrected chi connectivity index (χ4v) is 4.52. The van der Waals surface area contributed by atoms with Crippen LogP contribution in [-0.4, -0.2) is 41.1 Å². The standard InChI is InChI=1S/C22H28N6O/c1-3-29-22-26-14(2)20(24)21(27-22)25-12-15-4-5-18(17(10-15)11-23)19-13-28-8-6-16(19)7-9-28/h4-5,10,16,19H,3,6-9,12-13,24H2,1-2H3,(H,25,26,27). The third-order valence-corrected chi connectivity index (χ3v) is 6.14. The number of nitrogens with zero attached hydrogens (tertiary/aromatic N) is 4. The zero-order valence-corrected chi connectivity index (χ0v) is 17.1. The van der Waals surface area contributed by atoms with E-state index in [1.54, 1.807) is 0 Å². The number of nitrogen functional groups attached to an aromatic ring is 1. The number of hydrogen-bond acceptors (Lipinski definition) is 7. The summed E-state index contributed by atoms with van der Waals surface area (Å²) in [5, 5.41) is 13.0. The summed E-state index contributed by atoms with van der Waals surface area (Å²) in [6.07, 6.45) is 2.49. The SMILES string of the molecule is CCOc1nc(C)c(N)c(NCc2ccc(C3CN4CCC3CC4)c(C#N)c2)n1. The van der Waals surface area contributed by atoms with Crippen molar-refractivity contribution < 1.29 is 4.74 Å². The molecule has 1 aromatic carbocycles. The van der Waals surface area contributed by atoms with Crippen LogP contribution < -0.4 is 15.8 Å². The van der Waals surface area contributed by atoms with Gasteiger partial charge in [-0.15, -0.1) is 0 Å². The maximum atomic E-state index is 9.76. The number of hydrogen-bond donors (Lipinski definition) is 2. The lowest BCUT2D eigenvalue weighted by molar-refractivity contribution is 0.0870. The first-order valence-corrected chi connectivity index (χ1v) is 10.3. The third kappa shape index (κ3) is 3.99. The summed E-state index contributed by atoms with van der Waals surface area (Å²) < 4.78 is 5.41. The average molecular weight is 393 g/mol. The number of ether oxygens (including phenoxy) is 1. The van der Waals surface area contributed by atoms with Crippen molar-refractivity contribution in [2.75, 3.05) is 37.3 Å². The average Bonchev–Trinajstić information content (AvgIpc) is 2.76. The summed E-state index contributed by atoms with van der Waals surface area (Å²) in [7, 11) is 0. The highest BCUT2D eigenvalue weighted by molar-refractivity contribution is 5.64. The fourth-order valence-electron chi connectivity index (χ4n) is 4.52. The first-order valence-electron chi connectivity index (χ1n) is 10.3. The molecule has 2 bridgehead atoms. The molecular weight excluding hydrogens is 364 g/mol. The van der Waals surface area contributed by atoms with Gasteiger partial charge in [0, 0.05) is 19.0 Å². The van der Waals surface area contributed by atoms with E-state index in [0.717, 1.165) is 17.7 Å². The predicted octanol–water partition coefficient (Wildman–Crippen LogP) is 3.06. The van der Waals surface area contributed by atoms with E-state index in [0.29, 0.717) is 48.2 Å². The lowest BCUT2D eigenvalue weighted by Gasteiger charge is -2.45. The predicted molar refractivity (Wildman–Crippen MR) is 113 cm³/mol. The molecule has 1 aromatic heterocycles. The molecule has 0 spiro atoms. The van der Waals surface area contributed by atoms with Crippen molar-refractivity contribution >= 4 is 11.5 Å². The molecule has 2 aromatic rings. The van der Waals surface area contributed by atoms with Crippen LogP contribution in [0.15, 0.2) is 18.2 Å². The van der Waals surface area contributed by atoms with Gasteiger partial charge in [0.1, 0.15) is 0 Å². The number of fused-ring (bicyclic) bond motifs is 3. The molecule has 4 heterocycles. The summed E-state index contributed by atoms with van der Waals surface area (Å²) in [5.74, 6) is 1.74. The van der Waals surface area contributed by atoms with Gasteiger partial charge in [-0.1, -0.05) is 12.1 Å². The lowest BCUT2D eigenvalue weighted by atomic mass is 9.74. The number of aromatic nitrogens is 2. The van der Waals surface area contributed by atoms with Gasteiger partial charge in [-0.25, -0.2) is 0 Å². The summed E-state index contributed by atoms with van der Waals surface area (Å²) in [4.78, 5) is 11.1. The molecule has 1 atom stereocenters. The van der Waals surface area contributed by atoms with Crippen molar-refractivity contribution in [2.24, 2.45) is 5.92 Å². The molecule has 0 radical (unpaired) electrons. The fraction of sp³-hybridized carbons (Fsp3) is 0.500. The van der Waals surface area contributed by atoms with Crippen LogP contribution in [0.25, 0.3) is 0 Å². The first-order chi connectivity index (χ1) is 14.1. The van der Waals surface area contributed by atoms with Crippen molar-refractivity contribution in [2.45, 2.75) is 39.2 Å². The van der Waals surface area contributed by atoms with Crippen LogP contribution in [0.4, 0.5) is 11.5 Å². The van der Waals surface area contributed by atoms with E-state index in [1.807, 2.05) is 19.9 Å². The van der Waals surface area contributed by atoms with Gasteiger partial charge in [0.2, 0.25) is 0 Å². The number of nitrogens with two attached hydrogens (primary N) is 1. The molecule has 0 aliphatic carbocycles. The topological polar surface area (TPSA) is 100 Å². The molecule has 29 heavy (non-hydrogen) atoms. The molecule has 3 aliphatic heterocycles. The minimum atomic E-state index is 0.317. The van der Waals surface area contributed by atoms with Crippen LogP contribution in [0.3, 0.4) is 0 Å². The zero-order valence-electron chi connectivity index (χ0n) is 17.1. The Hall–Kier alpha value is -2.85. The molecule has 3 N–H and O–H groups in total. The molecule has 7 nitrogen and oxygen atoms in total. The number of nitriles is 1. The Morgan fingerprint density at radius 1 is 1.31 bits per heavy atom. The van der Waals surface area contributed by atoms with Gasteiger partial charge >= 0.3 is 6.01 Å². The summed E-state index contributed by atoms with van der Waals surface area (Å²) in [5.41, 5.74) is 10.3. The summed E-state index contributed by atoms with van der Waals surface area (Å²) in [6.45, 7) is 8.23. The number of benzene rings is 1. The second kappa shape index (κ2) is 8.26.